The van der Waals surface area contributed by atoms with Gasteiger partial charge in [0.15, 0.2) is 0 Å². The summed E-state index contributed by atoms with van der Waals surface area (Å²) in [4.78, 5) is 0. The Labute approximate surface area is 95.2 Å². The molecule has 0 fully saturated rings. The van der Waals surface area contributed by atoms with Gasteiger partial charge in [0.25, 0.3) is 0 Å². The normalized spacial score (nSPS) is 7.50. The van der Waals surface area contributed by atoms with Crippen LogP contribution in [0.4, 0.5) is 0 Å². The van der Waals surface area contributed by atoms with Gasteiger partial charge < -0.3 is 4.70 Å². The summed E-state index contributed by atoms with van der Waals surface area (Å²) in [7, 11) is 13.4. The number of hydrogen-bond acceptors (Lipinski definition) is 0. The van der Waals surface area contributed by atoms with Gasteiger partial charge in [-0.2, -0.15) is 0 Å². The molecule has 0 rings (SSSR count). The molecule has 0 spiro atoms. The van der Waals surface area contributed by atoms with Crippen LogP contribution in [0.1, 0.15) is 0 Å². The summed E-state index contributed by atoms with van der Waals surface area (Å²) < 4.78 is 0. The molecule has 0 atom stereocenters. The first kappa shape index (κ1) is 16.0. The molecule has 38 valence electrons. The minimum atomic E-state index is -1.19. The van der Waals surface area contributed by atoms with Crippen LogP contribution >= 0.6 is 30.4 Å². The molecule has 0 aromatic rings. The summed E-state index contributed by atoms with van der Waals surface area (Å²) in [5.41, 5.74) is 0. The first-order valence-corrected chi connectivity index (χ1v) is 4.68. The van der Waals surface area contributed by atoms with Crippen LogP contribution in [0.2, 0.25) is 0 Å². The van der Waals surface area contributed by atoms with Crippen molar-refractivity contribution in [1.29, 1.82) is 0 Å². The fraction of sp³-hybridized carbons (Fsp3) is 0. The van der Waals surface area contributed by atoms with Crippen molar-refractivity contribution in [1.82, 2.24) is 0 Å². The molecule has 0 aliphatic rings. The fourth-order valence-corrected chi connectivity index (χ4v) is 0. The van der Waals surface area contributed by atoms with Gasteiger partial charge in [-0.1, -0.05) is 0 Å². The molecule has 0 aromatic heterocycles. The Morgan fingerprint density at radius 3 is 1.00 bits per heavy atom. The third-order valence-corrected chi connectivity index (χ3v) is 0. The van der Waals surface area contributed by atoms with Crippen molar-refractivity contribution < 1.29 is 67.0 Å². The summed E-state index contributed by atoms with van der Waals surface area (Å²) in [6.07, 6.45) is 0. The molecule has 0 N–H and O–H groups in total. The van der Waals surface area contributed by atoms with Crippen LogP contribution < -0.4 is 56.1 Å². The van der Waals surface area contributed by atoms with Crippen LogP contribution in [0.15, 0.2) is 0 Å². The zero-order chi connectivity index (χ0) is 3.58. The minimum absolute atomic E-state index is 0. The molecule has 6 heavy (non-hydrogen) atoms. The van der Waals surface area contributed by atoms with Gasteiger partial charge in [0.05, 0.1) is 0 Å². The molecule has 0 nitrogen and oxygen atoms in total. The predicted molar refractivity (Wildman–Crippen MR) is 17.6 cm³/mol. The molecule has 6 heteroatoms. The molecule has 0 radical (unpaired) electrons. The maximum absolute atomic E-state index is 4.87. The molecule has 0 saturated carbocycles. The second-order valence-electron chi connectivity index (χ2n) is 0.143. The first-order chi connectivity index (χ1) is 1.73. The van der Waals surface area contributed by atoms with E-state index in [0.717, 1.165) is 0 Å². The van der Waals surface area contributed by atoms with Gasteiger partial charge in [-0.3, -0.25) is 0 Å². The molecule has 0 aliphatic heterocycles. The quantitative estimate of drug-likeness (QED) is 0.368. The zero-order valence-corrected chi connectivity index (χ0v) is 9.28. The third kappa shape index (κ3) is 28.3. The average molecular weight is 223 g/mol. The second kappa shape index (κ2) is 10.8. The Balaban J connectivity index is -0.0000000450. The Morgan fingerprint density at radius 2 is 1.00 bits per heavy atom. The maximum Gasteiger partial charge on any atom is 1.00 e. The molecule has 0 aromatic carbocycles. The molecule has 0 aliphatic carbocycles. The third-order valence-electron chi connectivity index (χ3n) is 0. The summed E-state index contributed by atoms with van der Waals surface area (Å²) in [6, 6.07) is 0. The molecule has 0 amide bonds. The van der Waals surface area contributed by atoms with Gasteiger partial charge in [0.1, 0.15) is 0 Å². The number of rotatable bonds is 0. The van der Waals surface area contributed by atoms with E-state index in [2.05, 4.69) is 0 Å². The topological polar surface area (TPSA) is 0 Å². The Hall–Kier alpha value is 2.94. The van der Waals surface area contributed by atoms with Crippen LogP contribution in [-0.2, 0) is 10.9 Å². The minimum Gasteiger partial charge on any atom is -1.00 e. The van der Waals surface area contributed by atoms with E-state index >= 15 is 0 Å². The largest absolute Gasteiger partial charge is 1.00 e. The molecule has 0 heterocycles. The monoisotopic (exact) mass is 222 g/mol. The van der Waals surface area contributed by atoms with E-state index < -0.39 is 10.9 Å². The van der Waals surface area contributed by atoms with Crippen LogP contribution in [0.25, 0.3) is 0 Å². The Morgan fingerprint density at radius 1 is 1.00 bits per heavy atom. The molecule has 0 unspecified atom stereocenters. The standard InChI is InChI=1S/3ClH.Co.FH.K/h3*1H;;1H;/q;;;+3;;+1/p-4. The molecule has 0 bridgehead atoms. The molecule has 0 saturated heterocycles. The fourth-order valence-electron chi connectivity index (χ4n) is 0. The summed E-state index contributed by atoms with van der Waals surface area (Å²) in [5, 5.41) is 0. The van der Waals surface area contributed by atoms with Gasteiger partial charge in [-0.25, -0.2) is 0 Å². The maximum atomic E-state index is 4.87. The van der Waals surface area contributed by atoms with E-state index in [-0.39, 0.29) is 56.1 Å². The van der Waals surface area contributed by atoms with Gasteiger partial charge >= 0.3 is 92.8 Å². The van der Waals surface area contributed by atoms with Gasteiger partial charge in [-0.05, 0) is 0 Å². The van der Waals surface area contributed by atoms with Crippen molar-refractivity contribution in [3.63, 3.8) is 0 Å². The van der Waals surface area contributed by atoms with Crippen LogP contribution in [0.5, 0.6) is 0 Å². The van der Waals surface area contributed by atoms with Crippen molar-refractivity contribution in [3.05, 3.63) is 0 Å². The van der Waals surface area contributed by atoms with E-state index in [4.69, 9.17) is 30.4 Å². The summed E-state index contributed by atoms with van der Waals surface area (Å²) in [5.74, 6) is 0. The van der Waals surface area contributed by atoms with Gasteiger partial charge in [0, 0.05) is 0 Å². The van der Waals surface area contributed by atoms with Crippen molar-refractivity contribution in [2.75, 3.05) is 0 Å². The molecular formula is Cl3CoFK. The second-order valence-corrected chi connectivity index (χ2v) is 5.30. The van der Waals surface area contributed by atoms with Crippen molar-refractivity contribution in [3.8, 4) is 0 Å². The SMILES string of the molecule is [Cl][Co]([Cl])[Cl].[F-].[K+]. The average Bonchev–Trinajstić information content (AvgIpc) is 0.811. The van der Waals surface area contributed by atoms with Crippen molar-refractivity contribution in [2.45, 2.75) is 0 Å². The Kier molecular flexibility index (Phi) is 28.9. The van der Waals surface area contributed by atoms with Gasteiger partial charge in [0.2, 0.25) is 0 Å². The summed E-state index contributed by atoms with van der Waals surface area (Å²) in [6.45, 7) is 0. The molecular weight excluding hydrogens is 223 g/mol. The van der Waals surface area contributed by atoms with E-state index in [1.165, 1.54) is 0 Å². The van der Waals surface area contributed by atoms with E-state index in [1.54, 1.807) is 0 Å². The van der Waals surface area contributed by atoms with E-state index in [1.807, 2.05) is 0 Å². The zero-order valence-electron chi connectivity index (χ0n) is 2.85. The number of hydrogen-bond donors (Lipinski definition) is 0. The van der Waals surface area contributed by atoms with E-state index in [9.17, 15) is 0 Å². The smallest absolute Gasteiger partial charge is 1.00 e. The van der Waals surface area contributed by atoms with Crippen LogP contribution in [0, 0.1) is 0 Å². The number of halogens is 4. The van der Waals surface area contributed by atoms with Crippen molar-refractivity contribution in [2.24, 2.45) is 0 Å². The van der Waals surface area contributed by atoms with Crippen LogP contribution in [-0.4, -0.2) is 0 Å². The predicted octanol–water partition coefficient (Wildman–Crippen LogP) is -3.93. The van der Waals surface area contributed by atoms with Crippen molar-refractivity contribution >= 4 is 30.4 Å². The summed E-state index contributed by atoms with van der Waals surface area (Å²) >= 11 is 0. The van der Waals surface area contributed by atoms with Gasteiger partial charge in [-0.15, -0.1) is 0 Å². The first-order valence-electron chi connectivity index (χ1n) is 0.378. The van der Waals surface area contributed by atoms with E-state index in [0.29, 0.717) is 0 Å². The Bertz CT molecular complexity index is 15.5. The van der Waals surface area contributed by atoms with Crippen LogP contribution in [0.3, 0.4) is 0 Å².